The SMILES string of the molecule is CC(C)N=CC=NC(C)C.CCCC[CH][CH][CH]C(C)=O.[Cl-].[Pd+2]. The Kier molecular flexibility index (Phi) is 31.6. The van der Waals surface area contributed by atoms with Gasteiger partial charge >= 0.3 is 20.4 Å². The third-order valence-corrected chi connectivity index (χ3v) is 2.03. The molecule has 0 aliphatic heterocycles. The second-order valence-corrected chi connectivity index (χ2v) is 5.13. The summed E-state index contributed by atoms with van der Waals surface area (Å²) in [5.74, 6) is 0.118. The molecular formula is C17H31ClN2OPd+. The van der Waals surface area contributed by atoms with Crippen LogP contribution >= 0.6 is 0 Å². The van der Waals surface area contributed by atoms with Crippen molar-refractivity contribution in [2.24, 2.45) is 9.98 Å². The predicted molar refractivity (Wildman–Crippen MR) is 90.4 cm³/mol. The molecule has 0 aliphatic carbocycles. The van der Waals surface area contributed by atoms with Gasteiger partial charge in [0.15, 0.2) is 0 Å². The molecule has 0 spiro atoms. The molecule has 3 nitrogen and oxygen atoms in total. The van der Waals surface area contributed by atoms with Crippen LogP contribution < -0.4 is 12.4 Å². The Bertz CT molecular complexity index is 264. The zero-order valence-corrected chi connectivity index (χ0v) is 17.0. The van der Waals surface area contributed by atoms with E-state index in [0.29, 0.717) is 12.1 Å². The molecule has 0 amide bonds. The van der Waals surface area contributed by atoms with Crippen LogP contribution in [0.25, 0.3) is 0 Å². The van der Waals surface area contributed by atoms with Crippen LogP contribution in [0.2, 0.25) is 0 Å². The van der Waals surface area contributed by atoms with Gasteiger partial charge in [-0.25, -0.2) is 0 Å². The normalized spacial score (nSPS) is 10.4. The Balaban J connectivity index is -0.000000135. The summed E-state index contributed by atoms with van der Waals surface area (Å²) in [6.45, 7) is 11.9. The second kappa shape index (κ2) is 23.2. The van der Waals surface area contributed by atoms with E-state index < -0.39 is 0 Å². The largest absolute Gasteiger partial charge is 2.00 e. The zero-order valence-electron chi connectivity index (χ0n) is 14.7. The molecule has 0 aromatic carbocycles. The van der Waals surface area contributed by atoms with E-state index in [1.54, 1.807) is 25.8 Å². The summed E-state index contributed by atoms with van der Waals surface area (Å²) in [7, 11) is 0. The molecule has 0 aliphatic rings. The number of nitrogens with zero attached hydrogens (tertiary/aromatic N) is 2. The molecular weight excluding hydrogens is 390 g/mol. The van der Waals surface area contributed by atoms with Crippen LogP contribution in [0.5, 0.6) is 0 Å². The van der Waals surface area contributed by atoms with Gasteiger partial charge in [0.05, 0.1) is 0 Å². The van der Waals surface area contributed by atoms with Gasteiger partial charge in [-0.15, -0.1) is 0 Å². The van der Waals surface area contributed by atoms with E-state index in [9.17, 15) is 4.79 Å². The smallest absolute Gasteiger partial charge is 1.00 e. The van der Waals surface area contributed by atoms with Gasteiger partial charge in [-0.05, 0) is 53.9 Å². The number of Topliss-reactive ketones (excluding diaryl/α,β-unsaturated/α-hetero) is 1. The number of rotatable bonds is 9. The summed E-state index contributed by atoms with van der Waals surface area (Å²) >= 11 is 0. The molecule has 0 bridgehead atoms. The number of carbonyl (C=O) groups is 1. The molecule has 0 atom stereocenters. The minimum Gasteiger partial charge on any atom is -1.00 e. The van der Waals surface area contributed by atoms with Crippen LogP contribution in [0.1, 0.15) is 60.8 Å². The number of unbranched alkanes of at least 4 members (excludes halogenated alkanes) is 4. The maximum absolute atomic E-state index is 10.4. The van der Waals surface area contributed by atoms with E-state index in [-0.39, 0.29) is 38.6 Å². The van der Waals surface area contributed by atoms with Crippen LogP contribution in [0, 0.1) is 19.3 Å². The Morgan fingerprint density at radius 2 is 1.50 bits per heavy atom. The molecule has 22 heavy (non-hydrogen) atoms. The summed E-state index contributed by atoms with van der Waals surface area (Å²) in [4.78, 5) is 18.6. The molecule has 131 valence electrons. The van der Waals surface area contributed by atoms with Gasteiger partial charge < -0.3 is 12.4 Å². The van der Waals surface area contributed by atoms with Crippen molar-refractivity contribution >= 4 is 18.2 Å². The second-order valence-electron chi connectivity index (χ2n) is 5.13. The van der Waals surface area contributed by atoms with E-state index in [2.05, 4.69) is 16.9 Å². The Morgan fingerprint density at radius 3 is 1.82 bits per heavy atom. The van der Waals surface area contributed by atoms with Crippen molar-refractivity contribution < 1.29 is 37.6 Å². The van der Waals surface area contributed by atoms with E-state index in [0.717, 1.165) is 6.42 Å². The average Bonchev–Trinajstić information content (AvgIpc) is 2.34. The molecule has 0 unspecified atom stereocenters. The molecule has 0 heterocycles. The monoisotopic (exact) mass is 420 g/mol. The number of ketones is 1. The minimum atomic E-state index is 0. The number of carbonyl (C=O) groups excluding carboxylic acids is 1. The van der Waals surface area contributed by atoms with Crippen molar-refractivity contribution in [3.63, 3.8) is 0 Å². The van der Waals surface area contributed by atoms with Crippen LogP contribution in [0.15, 0.2) is 9.98 Å². The molecule has 0 N–H and O–H groups in total. The van der Waals surface area contributed by atoms with Gasteiger partial charge in [0.25, 0.3) is 0 Å². The topological polar surface area (TPSA) is 41.8 Å². The quantitative estimate of drug-likeness (QED) is 0.315. The van der Waals surface area contributed by atoms with E-state index in [4.69, 9.17) is 0 Å². The number of hydrogen-bond acceptors (Lipinski definition) is 3. The first-order valence-electron chi connectivity index (χ1n) is 7.45. The summed E-state index contributed by atoms with van der Waals surface area (Å²) in [5.41, 5.74) is 0. The first kappa shape index (κ1) is 29.9. The molecule has 0 rings (SSSR count). The van der Waals surface area contributed by atoms with Crippen LogP contribution in [0.3, 0.4) is 0 Å². The first-order valence-corrected chi connectivity index (χ1v) is 7.45. The van der Waals surface area contributed by atoms with Crippen LogP contribution in [0.4, 0.5) is 0 Å². The predicted octanol–water partition coefficient (Wildman–Crippen LogP) is 1.32. The molecule has 0 saturated carbocycles. The van der Waals surface area contributed by atoms with E-state index in [1.807, 2.05) is 40.5 Å². The summed E-state index contributed by atoms with van der Waals surface area (Å²) in [5, 5.41) is 0. The molecule has 3 radical (unpaired) electrons. The molecule has 5 heteroatoms. The summed E-state index contributed by atoms with van der Waals surface area (Å²) in [6.07, 6.45) is 12.5. The van der Waals surface area contributed by atoms with Gasteiger partial charge in [0.2, 0.25) is 0 Å². The molecule has 0 fully saturated rings. The van der Waals surface area contributed by atoms with E-state index in [1.165, 1.54) is 12.8 Å². The number of hydrogen-bond donors (Lipinski definition) is 0. The van der Waals surface area contributed by atoms with Crippen molar-refractivity contribution in [2.75, 3.05) is 0 Å². The summed E-state index contributed by atoms with van der Waals surface area (Å²) in [6, 6.07) is 0.747. The van der Waals surface area contributed by atoms with E-state index >= 15 is 0 Å². The van der Waals surface area contributed by atoms with Crippen LogP contribution in [-0.4, -0.2) is 30.3 Å². The van der Waals surface area contributed by atoms with Crippen molar-refractivity contribution in [3.8, 4) is 0 Å². The zero-order chi connectivity index (χ0) is 15.8. The van der Waals surface area contributed by atoms with Crippen LogP contribution in [-0.2, 0) is 25.2 Å². The average molecular weight is 421 g/mol. The fourth-order valence-electron chi connectivity index (χ4n) is 1.04. The van der Waals surface area contributed by atoms with Crippen molar-refractivity contribution in [2.45, 2.75) is 72.9 Å². The third-order valence-electron chi connectivity index (χ3n) is 2.03. The van der Waals surface area contributed by atoms with Gasteiger partial charge in [0.1, 0.15) is 5.78 Å². The van der Waals surface area contributed by atoms with Crippen molar-refractivity contribution in [1.29, 1.82) is 0 Å². The Labute approximate surface area is 157 Å². The Hall–Kier alpha value is -0.0377. The molecule has 0 aromatic heterocycles. The maximum Gasteiger partial charge on any atom is 2.00 e. The summed E-state index contributed by atoms with van der Waals surface area (Å²) < 4.78 is 0. The fraction of sp³-hybridized carbons (Fsp3) is 0.647. The van der Waals surface area contributed by atoms with Gasteiger partial charge in [-0.1, -0.05) is 19.8 Å². The first-order chi connectivity index (χ1) is 9.40. The number of halogens is 1. The third kappa shape index (κ3) is 36.8. The van der Waals surface area contributed by atoms with Crippen molar-refractivity contribution in [1.82, 2.24) is 0 Å². The van der Waals surface area contributed by atoms with Gasteiger partial charge in [-0.3, -0.25) is 14.8 Å². The van der Waals surface area contributed by atoms with Gasteiger partial charge in [-0.2, -0.15) is 0 Å². The maximum atomic E-state index is 10.4. The fourth-order valence-corrected chi connectivity index (χ4v) is 1.04. The Morgan fingerprint density at radius 1 is 1.05 bits per heavy atom. The number of aliphatic imine (C=N–C) groups is 2. The molecule has 0 saturated heterocycles. The minimum absolute atomic E-state index is 0. The standard InChI is InChI=1S/C9H15O.C8H16N2.ClH.Pd/c1-3-4-5-6-7-8-9(2)10;1-7(2)9-5-6-10-8(3)4;;/h6-8H,3-5H2,1-2H3;5-8H,1-4H3;1H;/q;;;+2/p-1. The van der Waals surface area contributed by atoms with Crippen molar-refractivity contribution in [3.05, 3.63) is 19.3 Å². The molecule has 0 aromatic rings. The van der Waals surface area contributed by atoms with Gasteiger partial charge in [0, 0.05) is 30.9 Å².